The van der Waals surface area contributed by atoms with Gasteiger partial charge in [-0.15, -0.1) is 12.4 Å². The summed E-state index contributed by atoms with van der Waals surface area (Å²) in [6.45, 7) is 0.421. The predicted molar refractivity (Wildman–Crippen MR) is 75.2 cm³/mol. The average Bonchev–Trinajstić information content (AvgIpc) is 2.45. The molecule has 1 aromatic heterocycles. The number of rotatable bonds is 4. The maximum Gasteiger partial charge on any atom is 0.433 e. The van der Waals surface area contributed by atoms with Crippen molar-refractivity contribution in [3.8, 4) is 5.75 Å². The number of hydrogen-bond acceptors (Lipinski definition) is 3. The number of halogens is 4. The third-order valence-electron chi connectivity index (χ3n) is 2.65. The summed E-state index contributed by atoms with van der Waals surface area (Å²) in [5.41, 5.74) is 5.89. The van der Waals surface area contributed by atoms with Gasteiger partial charge in [-0.1, -0.05) is 12.1 Å². The second-order valence-electron chi connectivity index (χ2n) is 4.19. The fourth-order valence-corrected chi connectivity index (χ4v) is 1.65. The van der Waals surface area contributed by atoms with Crippen molar-refractivity contribution in [3.05, 3.63) is 59.4 Å². The lowest BCUT2D eigenvalue weighted by atomic mass is 10.2. The number of nitrogens with two attached hydrogens (primary N) is 1. The molecular formula is C14H14ClF3N2O. The fourth-order valence-electron chi connectivity index (χ4n) is 1.65. The van der Waals surface area contributed by atoms with Crippen molar-refractivity contribution in [2.24, 2.45) is 5.73 Å². The molecule has 0 atom stereocenters. The molecule has 0 fully saturated rings. The summed E-state index contributed by atoms with van der Waals surface area (Å²) in [5.74, 6) is 0.568. The molecule has 0 spiro atoms. The quantitative estimate of drug-likeness (QED) is 0.937. The Balaban J connectivity index is 0.00000220. The smallest absolute Gasteiger partial charge is 0.433 e. The lowest BCUT2D eigenvalue weighted by Gasteiger charge is -2.10. The first kappa shape index (κ1) is 17.3. The third kappa shape index (κ3) is 4.91. The van der Waals surface area contributed by atoms with Crippen LogP contribution in [0.4, 0.5) is 13.2 Å². The number of benzene rings is 1. The largest absolute Gasteiger partial charge is 0.489 e. The van der Waals surface area contributed by atoms with Gasteiger partial charge in [0.25, 0.3) is 0 Å². The highest BCUT2D eigenvalue weighted by Gasteiger charge is 2.32. The van der Waals surface area contributed by atoms with Gasteiger partial charge in [-0.2, -0.15) is 13.2 Å². The zero-order valence-electron chi connectivity index (χ0n) is 10.9. The van der Waals surface area contributed by atoms with Gasteiger partial charge in [-0.3, -0.25) is 4.98 Å². The number of ether oxygens (including phenoxy) is 1. The highest BCUT2D eigenvalue weighted by atomic mass is 35.5. The van der Waals surface area contributed by atoms with Crippen LogP contribution in [0.1, 0.15) is 16.8 Å². The number of pyridine rings is 1. The summed E-state index contributed by atoms with van der Waals surface area (Å²) in [7, 11) is 0. The standard InChI is InChI=1S/C14H13F3N2O.ClH/c15-14(16,17)13-7-11(4-5-19-13)9-20-12-3-1-2-10(6-12)8-18;/h1-7H,8-9,18H2;1H. The zero-order chi connectivity index (χ0) is 14.6. The van der Waals surface area contributed by atoms with Crippen molar-refractivity contribution in [1.82, 2.24) is 4.98 Å². The van der Waals surface area contributed by atoms with Crippen LogP contribution in [0.3, 0.4) is 0 Å². The van der Waals surface area contributed by atoms with Crippen LogP contribution in [0, 0.1) is 0 Å². The van der Waals surface area contributed by atoms with Gasteiger partial charge in [0.2, 0.25) is 0 Å². The van der Waals surface area contributed by atoms with Crippen molar-refractivity contribution in [3.63, 3.8) is 0 Å². The zero-order valence-corrected chi connectivity index (χ0v) is 11.7. The molecule has 0 saturated heterocycles. The van der Waals surface area contributed by atoms with E-state index in [-0.39, 0.29) is 19.0 Å². The highest BCUT2D eigenvalue weighted by molar-refractivity contribution is 5.85. The summed E-state index contributed by atoms with van der Waals surface area (Å²) in [6.07, 6.45) is -3.33. The number of hydrogen-bond donors (Lipinski definition) is 1. The Morgan fingerprint density at radius 2 is 1.86 bits per heavy atom. The minimum Gasteiger partial charge on any atom is -0.489 e. The summed E-state index contributed by atoms with van der Waals surface area (Å²) in [6, 6.07) is 9.58. The minimum absolute atomic E-state index is 0. The number of nitrogens with zero attached hydrogens (tertiary/aromatic N) is 1. The van der Waals surface area contributed by atoms with E-state index >= 15 is 0 Å². The molecule has 2 rings (SSSR count). The van der Waals surface area contributed by atoms with Gasteiger partial charge in [0.15, 0.2) is 0 Å². The van der Waals surface area contributed by atoms with Crippen molar-refractivity contribution >= 4 is 12.4 Å². The lowest BCUT2D eigenvalue weighted by Crippen LogP contribution is -2.09. The second kappa shape index (κ2) is 7.28. The molecule has 2 N–H and O–H groups in total. The van der Waals surface area contributed by atoms with Gasteiger partial charge < -0.3 is 10.5 Å². The van der Waals surface area contributed by atoms with Gasteiger partial charge in [-0.25, -0.2) is 0 Å². The maximum atomic E-state index is 12.5. The Kier molecular flexibility index (Phi) is 5.99. The van der Waals surface area contributed by atoms with E-state index in [2.05, 4.69) is 4.98 Å². The van der Waals surface area contributed by atoms with Crippen molar-refractivity contribution in [2.45, 2.75) is 19.3 Å². The topological polar surface area (TPSA) is 48.1 Å². The van der Waals surface area contributed by atoms with E-state index in [1.54, 1.807) is 18.2 Å². The first-order valence-corrected chi connectivity index (χ1v) is 5.93. The summed E-state index contributed by atoms with van der Waals surface area (Å²) in [5, 5.41) is 0. The van der Waals surface area contributed by atoms with Gasteiger partial charge in [0.05, 0.1) is 0 Å². The van der Waals surface area contributed by atoms with Crippen LogP contribution in [-0.2, 0) is 19.3 Å². The minimum atomic E-state index is -4.45. The van der Waals surface area contributed by atoms with Gasteiger partial charge >= 0.3 is 6.18 Å². The van der Waals surface area contributed by atoms with E-state index < -0.39 is 11.9 Å². The first-order valence-electron chi connectivity index (χ1n) is 5.93. The second-order valence-corrected chi connectivity index (χ2v) is 4.19. The van der Waals surface area contributed by atoms with Gasteiger partial charge in [0.1, 0.15) is 18.1 Å². The van der Waals surface area contributed by atoms with Crippen LogP contribution < -0.4 is 10.5 Å². The van der Waals surface area contributed by atoms with Crippen LogP contribution in [0.5, 0.6) is 5.75 Å². The Morgan fingerprint density at radius 1 is 1.10 bits per heavy atom. The van der Waals surface area contributed by atoms with Crippen LogP contribution in [0.2, 0.25) is 0 Å². The van der Waals surface area contributed by atoms with Crippen LogP contribution >= 0.6 is 12.4 Å². The Labute approximate surface area is 126 Å². The SMILES string of the molecule is Cl.NCc1cccc(OCc2ccnc(C(F)(F)F)c2)c1. The van der Waals surface area contributed by atoms with Crippen LogP contribution in [0.25, 0.3) is 0 Å². The van der Waals surface area contributed by atoms with Crippen LogP contribution in [0.15, 0.2) is 42.6 Å². The van der Waals surface area contributed by atoms with E-state index in [9.17, 15) is 13.2 Å². The maximum absolute atomic E-state index is 12.5. The molecule has 0 unspecified atom stereocenters. The molecule has 1 heterocycles. The van der Waals surface area contributed by atoms with Gasteiger partial charge in [0, 0.05) is 12.7 Å². The molecular weight excluding hydrogens is 305 g/mol. The summed E-state index contributed by atoms with van der Waals surface area (Å²) >= 11 is 0. The summed E-state index contributed by atoms with van der Waals surface area (Å²) < 4.78 is 43.0. The van der Waals surface area contributed by atoms with E-state index in [4.69, 9.17) is 10.5 Å². The monoisotopic (exact) mass is 318 g/mol. The van der Waals surface area contributed by atoms with Crippen molar-refractivity contribution < 1.29 is 17.9 Å². The molecule has 0 bridgehead atoms. The first-order chi connectivity index (χ1) is 9.49. The Bertz CT molecular complexity index is 590. The fraction of sp³-hybridized carbons (Fsp3) is 0.214. The van der Waals surface area contributed by atoms with E-state index in [1.807, 2.05) is 6.07 Å². The molecule has 0 aliphatic heterocycles. The molecule has 3 nitrogen and oxygen atoms in total. The molecule has 0 aliphatic rings. The normalized spacial score (nSPS) is 10.9. The molecule has 0 saturated carbocycles. The Hall–Kier alpha value is -1.79. The molecule has 0 radical (unpaired) electrons. The summed E-state index contributed by atoms with van der Waals surface area (Å²) in [4.78, 5) is 3.30. The molecule has 0 amide bonds. The highest BCUT2D eigenvalue weighted by Crippen LogP contribution is 2.28. The average molecular weight is 319 g/mol. The van der Waals surface area contributed by atoms with Crippen LogP contribution in [-0.4, -0.2) is 4.98 Å². The third-order valence-corrected chi connectivity index (χ3v) is 2.65. The van der Waals surface area contributed by atoms with E-state index in [0.717, 1.165) is 17.8 Å². The van der Waals surface area contributed by atoms with E-state index in [0.29, 0.717) is 17.9 Å². The van der Waals surface area contributed by atoms with Crippen molar-refractivity contribution in [2.75, 3.05) is 0 Å². The lowest BCUT2D eigenvalue weighted by molar-refractivity contribution is -0.141. The molecule has 114 valence electrons. The number of aromatic nitrogens is 1. The van der Waals surface area contributed by atoms with Gasteiger partial charge in [-0.05, 0) is 35.4 Å². The Morgan fingerprint density at radius 3 is 2.52 bits per heavy atom. The van der Waals surface area contributed by atoms with E-state index in [1.165, 1.54) is 6.07 Å². The molecule has 21 heavy (non-hydrogen) atoms. The van der Waals surface area contributed by atoms with Crippen molar-refractivity contribution in [1.29, 1.82) is 0 Å². The molecule has 0 aliphatic carbocycles. The molecule has 2 aromatic rings. The molecule has 1 aromatic carbocycles. The number of alkyl halides is 3. The predicted octanol–water partition coefficient (Wildman–Crippen LogP) is 3.56. The molecule has 7 heteroatoms.